The van der Waals surface area contributed by atoms with Crippen LogP contribution in [-0.4, -0.2) is 22.7 Å². The highest BCUT2D eigenvalue weighted by atomic mass is 28.4. The summed E-state index contributed by atoms with van der Waals surface area (Å²) in [5.41, 5.74) is -0.192. The van der Waals surface area contributed by atoms with Gasteiger partial charge in [0.25, 0.3) is 0 Å². The Hall–Kier alpha value is -0.936. The number of hydrogen-bond donors (Lipinski definition) is 0. The molecular weight excluding hydrogens is 330 g/mol. The minimum atomic E-state index is -2.02. The topological polar surface area (TPSA) is 42.2 Å². The van der Waals surface area contributed by atoms with Gasteiger partial charge < -0.3 is 8.85 Å². The molecule has 0 radical (unpaired) electrons. The maximum absolute atomic E-state index is 10.1. The lowest BCUT2D eigenvalue weighted by molar-refractivity contribution is -0.00566. The van der Waals surface area contributed by atoms with Gasteiger partial charge >= 0.3 is 0 Å². The van der Waals surface area contributed by atoms with Crippen molar-refractivity contribution in [1.82, 2.24) is 0 Å². The highest BCUT2D eigenvalue weighted by Crippen LogP contribution is 2.41. The number of nitriles is 1. The van der Waals surface area contributed by atoms with Gasteiger partial charge in [-0.2, -0.15) is 5.26 Å². The molecule has 0 N–H and O–H groups in total. The Morgan fingerprint density at radius 1 is 1.00 bits per heavy atom. The second-order valence-electron chi connectivity index (χ2n) is 8.95. The molecule has 1 aromatic rings. The van der Waals surface area contributed by atoms with E-state index >= 15 is 0 Å². The van der Waals surface area contributed by atoms with E-state index in [9.17, 15) is 5.26 Å². The fraction of sp³-hybridized carbons (Fsp3) is 0.632. The minimum Gasteiger partial charge on any atom is -0.410 e. The molecule has 0 aromatic heterocycles. The summed E-state index contributed by atoms with van der Waals surface area (Å²) in [6.45, 7) is 19.4. The predicted molar refractivity (Wildman–Crippen MR) is 106 cm³/mol. The second-order valence-corrected chi connectivity index (χ2v) is 18.1. The standard InChI is InChI=1S/C19H33NO2Si2/c1-16(21-24(8,9)18(2,3)4)19(15-20,22-23(5,6)7)17-13-11-10-12-14-17/h10-14,16H,1-9H3/t16-,19?/m0/s1. The van der Waals surface area contributed by atoms with Gasteiger partial charge in [0, 0.05) is 0 Å². The van der Waals surface area contributed by atoms with Crippen molar-refractivity contribution < 1.29 is 8.85 Å². The van der Waals surface area contributed by atoms with E-state index < -0.39 is 22.2 Å². The van der Waals surface area contributed by atoms with Crippen LogP contribution in [0.2, 0.25) is 37.8 Å². The molecule has 0 saturated heterocycles. The summed E-state index contributed by atoms with van der Waals surface area (Å²) in [6, 6.07) is 12.3. The fourth-order valence-electron chi connectivity index (χ4n) is 2.43. The molecule has 1 unspecified atom stereocenters. The molecule has 3 nitrogen and oxygen atoms in total. The molecule has 24 heavy (non-hydrogen) atoms. The van der Waals surface area contributed by atoms with Gasteiger partial charge in [-0.15, -0.1) is 0 Å². The molecule has 0 bridgehead atoms. The van der Waals surface area contributed by atoms with Crippen LogP contribution in [0.15, 0.2) is 30.3 Å². The zero-order valence-corrected chi connectivity index (χ0v) is 18.7. The summed E-state index contributed by atoms with van der Waals surface area (Å²) in [7, 11) is -3.99. The maximum atomic E-state index is 10.1. The van der Waals surface area contributed by atoms with E-state index in [2.05, 4.69) is 59.6 Å². The van der Waals surface area contributed by atoms with Crippen LogP contribution in [0.25, 0.3) is 0 Å². The van der Waals surface area contributed by atoms with E-state index in [4.69, 9.17) is 8.85 Å². The van der Waals surface area contributed by atoms with E-state index in [0.29, 0.717) is 0 Å². The van der Waals surface area contributed by atoms with Crippen LogP contribution < -0.4 is 0 Å². The fourth-order valence-corrected chi connectivity index (χ4v) is 5.12. The summed E-state index contributed by atoms with van der Waals surface area (Å²) >= 11 is 0. The minimum absolute atomic E-state index is 0.0817. The normalized spacial score (nSPS) is 17.0. The van der Waals surface area contributed by atoms with Gasteiger partial charge in [0.05, 0.1) is 6.10 Å². The van der Waals surface area contributed by atoms with Gasteiger partial charge in [-0.05, 0) is 50.3 Å². The van der Waals surface area contributed by atoms with Crippen molar-refractivity contribution in [3.63, 3.8) is 0 Å². The summed E-state index contributed by atoms with van der Waals surface area (Å²) in [4.78, 5) is 0. The van der Waals surface area contributed by atoms with Crippen LogP contribution in [0, 0.1) is 11.3 Å². The number of benzene rings is 1. The Morgan fingerprint density at radius 3 is 1.88 bits per heavy atom. The van der Waals surface area contributed by atoms with Crippen molar-refractivity contribution in [2.45, 2.75) is 77.2 Å². The molecule has 0 spiro atoms. The van der Waals surface area contributed by atoms with Gasteiger partial charge in [0.1, 0.15) is 6.07 Å². The lowest BCUT2D eigenvalue weighted by Gasteiger charge is -2.44. The average Bonchev–Trinajstić information content (AvgIpc) is 2.43. The van der Waals surface area contributed by atoms with E-state index in [1.165, 1.54) is 0 Å². The van der Waals surface area contributed by atoms with Crippen LogP contribution in [-0.2, 0) is 14.5 Å². The van der Waals surface area contributed by atoms with Crippen molar-refractivity contribution in [1.29, 1.82) is 5.26 Å². The molecule has 1 rings (SSSR count). The van der Waals surface area contributed by atoms with E-state index in [1.807, 2.05) is 37.3 Å². The number of rotatable bonds is 6. The first-order valence-electron chi connectivity index (χ1n) is 8.60. The number of hydrogen-bond acceptors (Lipinski definition) is 3. The summed E-state index contributed by atoms with van der Waals surface area (Å²) in [5, 5.41) is 10.2. The highest BCUT2D eigenvalue weighted by molar-refractivity contribution is 6.74. The van der Waals surface area contributed by atoms with Gasteiger partial charge in [0.2, 0.25) is 0 Å². The van der Waals surface area contributed by atoms with Crippen molar-refractivity contribution in [2.24, 2.45) is 0 Å². The Labute approximate surface area is 150 Å². The van der Waals surface area contributed by atoms with E-state index in [-0.39, 0.29) is 11.1 Å². The molecular formula is C19H33NO2Si2. The molecule has 0 saturated carbocycles. The molecule has 0 aliphatic heterocycles. The third kappa shape index (κ3) is 4.79. The van der Waals surface area contributed by atoms with Crippen LogP contribution >= 0.6 is 0 Å². The Kier molecular flexibility index (Phi) is 6.27. The van der Waals surface area contributed by atoms with Crippen molar-refractivity contribution in [3.8, 4) is 6.07 Å². The van der Waals surface area contributed by atoms with E-state index in [0.717, 1.165) is 5.56 Å². The predicted octanol–water partition coefficient (Wildman–Crippen LogP) is 5.67. The lowest BCUT2D eigenvalue weighted by Crippen LogP contribution is -2.53. The molecule has 0 aliphatic rings. The third-order valence-electron chi connectivity index (χ3n) is 4.69. The molecule has 0 heterocycles. The first-order valence-corrected chi connectivity index (χ1v) is 14.9. The highest BCUT2D eigenvalue weighted by Gasteiger charge is 2.48. The average molecular weight is 364 g/mol. The third-order valence-corrected chi connectivity index (χ3v) is 10.2. The van der Waals surface area contributed by atoms with Gasteiger partial charge in [-0.25, -0.2) is 0 Å². The quantitative estimate of drug-likeness (QED) is 0.612. The first kappa shape index (κ1) is 21.1. The molecule has 0 amide bonds. The van der Waals surface area contributed by atoms with Crippen LogP contribution in [0.1, 0.15) is 33.3 Å². The number of nitrogens with zero attached hydrogens (tertiary/aromatic N) is 1. The first-order chi connectivity index (χ1) is 10.8. The molecule has 2 atom stereocenters. The summed E-state index contributed by atoms with van der Waals surface area (Å²) < 4.78 is 13.0. The Bertz CT molecular complexity index is 582. The SMILES string of the molecule is C[C@H](O[Si](C)(C)C(C)(C)C)C(C#N)(O[Si](C)(C)C)c1ccccc1. The molecule has 1 aromatic carbocycles. The Morgan fingerprint density at radius 2 is 1.50 bits per heavy atom. The van der Waals surface area contributed by atoms with Gasteiger partial charge in [0.15, 0.2) is 22.2 Å². The van der Waals surface area contributed by atoms with Crippen molar-refractivity contribution in [2.75, 3.05) is 0 Å². The molecule has 0 aliphatic carbocycles. The van der Waals surface area contributed by atoms with Crippen molar-refractivity contribution >= 4 is 16.6 Å². The van der Waals surface area contributed by atoms with Crippen LogP contribution in [0.3, 0.4) is 0 Å². The Balaban J connectivity index is 3.36. The largest absolute Gasteiger partial charge is 0.410 e. The molecule has 134 valence electrons. The molecule has 0 fully saturated rings. The zero-order chi connectivity index (χ0) is 18.8. The zero-order valence-electron chi connectivity index (χ0n) is 16.7. The van der Waals surface area contributed by atoms with Crippen molar-refractivity contribution in [3.05, 3.63) is 35.9 Å². The molecule has 5 heteroatoms. The summed E-state index contributed by atoms with van der Waals surface area (Å²) in [6.07, 6.45) is -0.336. The lowest BCUT2D eigenvalue weighted by atomic mass is 9.90. The maximum Gasteiger partial charge on any atom is 0.195 e. The monoisotopic (exact) mass is 363 g/mol. The van der Waals surface area contributed by atoms with E-state index in [1.54, 1.807) is 0 Å². The van der Waals surface area contributed by atoms with Gasteiger partial charge in [-0.3, -0.25) is 0 Å². The van der Waals surface area contributed by atoms with Crippen LogP contribution in [0.4, 0.5) is 0 Å². The smallest absolute Gasteiger partial charge is 0.195 e. The van der Waals surface area contributed by atoms with Gasteiger partial charge in [-0.1, -0.05) is 51.1 Å². The van der Waals surface area contributed by atoms with Crippen LogP contribution in [0.5, 0.6) is 0 Å². The summed E-state index contributed by atoms with van der Waals surface area (Å²) in [5.74, 6) is 0. The second kappa shape index (κ2) is 7.13.